The molecule has 6 rings (SSSR count). The highest BCUT2D eigenvalue weighted by atomic mass is 35.5. The fraction of sp³-hybridized carbons (Fsp3) is 0.320. The number of sulfonamides is 1. The quantitative estimate of drug-likeness (QED) is 0.336. The number of primary sulfonamides is 1. The molecule has 3 aromatic heterocycles. The van der Waals surface area contributed by atoms with Gasteiger partial charge in [0.05, 0.1) is 14.9 Å². The summed E-state index contributed by atoms with van der Waals surface area (Å²) in [5.41, 5.74) is 9.43. The molecule has 198 valence electrons. The minimum Gasteiger partial charge on any atom is -0.388 e. The number of aliphatic hydroxyl groups is 1. The molecule has 1 aliphatic carbocycles. The van der Waals surface area contributed by atoms with Gasteiger partial charge in [0.15, 0.2) is 11.5 Å². The summed E-state index contributed by atoms with van der Waals surface area (Å²) in [7, 11) is -4.23. The number of nitrogens with two attached hydrogens (primary N) is 2. The predicted molar refractivity (Wildman–Crippen MR) is 144 cm³/mol. The molecule has 0 amide bonds. The molecule has 13 heteroatoms. The van der Waals surface area contributed by atoms with Crippen molar-refractivity contribution in [3.05, 3.63) is 69.7 Å². The molecule has 1 saturated heterocycles. The van der Waals surface area contributed by atoms with Crippen molar-refractivity contribution in [2.24, 2.45) is 16.3 Å². The molecular weight excluding hydrogens is 549 g/mol. The maximum absolute atomic E-state index is 12.9. The average Bonchev–Trinajstić information content (AvgIpc) is 3.44. The SMILES string of the molecule is N[C@@H]1c2cccnc2CC12CCN(c1cc(S(N)(=O)=O)c(-c3cccc(Cl)c3Cl)c3nnc(CO)n13)CC2. The number of aromatic nitrogens is 4. The highest BCUT2D eigenvalue weighted by Gasteiger charge is 2.47. The lowest BCUT2D eigenvalue weighted by atomic mass is 9.73. The second kappa shape index (κ2) is 9.15. The zero-order valence-electron chi connectivity index (χ0n) is 20.2. The van der Waals surface area contributed by atoms with E-state index in [1.54, 1.807) is 28.8 Å². The number of aliphatic hydroxyl groups excluding tert-OH is 1. The normalized spacial score (nSPS) is 18.9. The molecular formula is C25H25Cl2N7O3S. The van der Waals surface area contributed by atoms with Gasteiger partial charge in [0, 0.05) is 48.2 Å². The molecule has 1 spiro atoms. The van der Waals surface area contributed by atoms with Crippen LogP contribution in [0.2, 0.25) is 10.0 Å². The summed E-state index contributed by atoms with van der Waals surface area (Å²) >= 11 is 12.8. The Hall–Kier alpha value is -2.80. The summed E-state index contributed by atoms with van der Waals surface area (Å²) in [5.74, 6) is 0.766. The van der Waals surface area contributed by atoms with Gasteiger partial charge in [0.1, 0.15) is 12.4 Å². The standard InChI is InChI=1S/C25H25Cl2N7O3S/c26-16-5-1-3-15(22(16)27)21-18(38(29,36)37)11-20(34-19(13-35)31-32-24(21)34)33-9-6-25(7-10-33)12-17-14(23(25)28)4-2-8-30-17/h1-5,8,11,23,35H,6-7,9-10,12-13,28H2,(H2,29,36,37)/t23-/m1/s1. The van der Waals surface area contributed by atoms with Crippen molar-refractivity contribution < 1.29 is 13.5 Å². The Labute approximate surface area is 229 Å². The van der Waals surface area contributed by atoms with Crippen molar-refractivity contribution in [1.82, 2.24) is 19.6 Å². The number of benzene rings is 1. The van der Waals surface area contributed by atoms with Crippen molar-refractivity contribution in [3.8, 4) is 11.1 Å². The van der Waals surface area contributed by atoms with Gasteiger partial charge in [-0.25, -0.2) is 13.6 Å². The topological polar surface area (TPSA) is 153 Å². The van der Waals surface area contributed by atoms with Gasteiger partial charge >= 0.3 is 0 Å². The number of hydrogen-bond donors (Lipinski definition) is 3. The van der Waals surface area contributed by atoms with E-state index in [4.69, 9.17) is 34.1 Å². The van der Waals surface area contributed by atoms with Crippen LogP contribution in [0.25, 0.3) is 16.8 Å². The molecule has 5 N–H and O–H groups in total. The molecule has 0 radical (unpaired) electrons. The molecule has 1 aliphatic heterocycles. The maximum Gasteiger partial charge on any atom is 0.238 e. The number of nitrogens with zero attached hydrogens (tertiary/aromatic N) is 5. The highest BCUT2D eigenvalue weighted by Crippen LogP contribution is 2.51. The van der Waals surface area contributed by atoms with Gasteiger partial charge in [-0.3, -0.25) is 9.38 Å². The molecule has 4 heterocycles. The number of halogens is 2. The Balaban J connectivity index is 1.48. The zero-order valence-corrected chi connectivity index (χ0v) is 22.5. The van der Waals surface area contributed by atoms with Crippen molar-refractivity contribution in [3.63, 3.8) is 0 Å². The molecule has 0 bridgehead atoms. The lowest BCUT2D eigenvalue weighted by Crippen LogP contribution is -2.45. The number of fused-ring (bicyclic) bond motifs is 2. The van der Waals surface area contributed by atoms with E-state index in [9.17, 15) is 13.5 Å². The first-order chi connectivity index (χ1) is 18.1. The smallest absolute Gasteiger partial charge is 0.238 e. The number of hydrogen-bond acceptors (Lipinski definition) is 8. The first-order valence-electron chi connectivity index (χ1n) is 12.1. The third-order valence-corrected chi connectivity index (χ3v) is 9.64. The Kier molecular flexibility index (Phi) is 6.13. The summed E-state index contributed by atoms with van der Waals surface area (Å²) in [6.45, 7) is 0.789. The monoisotopic (exact) mass is 573 g/mol. The van der Waals surface area contributed by atoms with Gasteiger partial charge in [-0.2, -0.15) is 0 Å². The summed E-state index contributed by atoms with van der Waals surface area (Å²) in [4.78, 5) is 6.44. The number of pyridine rings is 2. The van der Waals surface area contributed by atoms with Gasteiger partial charge in [-0.1, -0.05) is 41.4 Å². The van der Waals surface area contributed by atoms with Gasteiger partial charge in [-0.15, -0.1) is 10.2 Å². The number of anilines is 1. The van der Waals surface area contributed by atoms with Gasteiger partial charge in [-0.05, 0) is 42.4 Å². The second-order valence-electron chi connectivity index (χ2n) is 9.86. The van der Waals surface area contributed by atoms with Crippen LogP contribution in [0.4, 0.5) is 5.82 Å². The van der Waals surface area contributed by atoms with E-state index < -0.39 is 16.6 Å². The summed E-state index contributed by atoms with van der Waals surface area (Å²) in [6.07, 6.45) is 4.14. The minimum atomic E-state index is -4.23. The Morgan fingerprint density at radius 1 is 1.13 bits per heavy atom. The first kappa shape index (κ1) is 25.5. The fourth-order valence-electron chi connectivity index (χ4n) is 5.92. The number of rotatable bonds is 4. The lowest BCUT2D eigenvalue weighted by Gasteiger charge is -2.43. The second-order valence-corrected chi connectivity index (χ2v) is 12.2. The van der Waals surface area contributed by atoms with E-state index in [-0.39, 0.29) is 43.4 Å². The van der Waals surface area contributed by atoms with E-state index >= 15 is 0 Å². The lowest BCUT2D eigenvalue weighted by molar-refractivity contribution is 0.186. The molecule has 4 aromatic rings. The van der Waals surface area contributed by atoms with E-state index in [1.807, 2.05) is 12.1 Å². The van der Waals surface area contributed by atoms with Crippen LogP contribution in [0.15, 0.2) is 47.5 Å². The first-order valence-corrected chi connectivity index (χ1v) is 14.4. The van der Waals surface area contributed by atoms with Gasteiger partial charge in [0.25, 0.3) is 0 Å². The van der Waals surface area contributed by atoms with Crippen LogP contribution in [-0.4, -0.2) is 46.2 Å². The third kappa shape index (κ3) is 3.88. The van der Waals surface area contributed by atoms with Crippen LogP contribution >= 0.6 is 23.2 Å². The van der Waals surface area contributed by atoms with Crippen molar-refractivity contribution in [1.29, 1.82) is 0 Å². The zero-order chi connectivity index (χ0) is 26.8. The van der Waals surface area contributed by atoms with Crippen molar-refractivity contribution >= 4 is 44.7 Å². The van der Waals surface area contributed by atoms with Crippen LogP contribution in [0.3, 0.4) is 0 Å². The van der Waals surface area contributed by atoms with Crippen molar-refractivity contribution in [2.75, 3.05) is 18.0 Å². The highest BCUT2D eigenvalue weighted by molar-refractivity contribution is 7.89. The van der Waals surface area contributed by atoms with E-state index in [0.29, 0.717) is 24.5 Å². The molecule has 1 fully saturated rings. The third-order valence-electron chi connectivity index (χ3n) is 7.88. The van der Waals surface area contributed by atoms with E-state index in [2.05, 4.69) is 20.1 Å². The minimum absolute atomic E-state index is 0.122. The average molecular weight is 574 g/mol. The summed E-state index contributed by atoms with van der Waals surface area (Å²) < 4.78 is 27.5. The molecule has 10 nitrogen and oxygen atoms in total. The largest absolute Gasteiger partial charge is 0.388 e. The maximum atomic E-state index is 12.9. The van der Waals surface area contributed by atoms with Gasteiger partial charge in [0.2, 0.25) is 10.0 Å². The molecule has 2 aliphatic rings. The van der Waals surface area contributed by atoms with Crippen molar-refractivity contribution in [2.45, 2.75) is 36.8 Å². The Bertz CT molecular complexity index is 1680. The Morgan fingerprint density at radius 2 is 1.89 bits per heavy atom. The molecule has 0 unspecified atom stereocenters. The molecule has 1 aromatic carbocycles. The van der Waals surface area contributed by atoms with Crippen LogP contribution in [-0.2, 0) is 23.1 Å². The molecule has 38 heavy (non-hydrogen) atoms. The van der Waals surface area contributed by atoms with Crippen LogP contribution in [0, 0.1) is 5.41 Å². The van der Waals surface area contributed by atoms with Crippen LogP contribution < -0.4 is 15.8 Å². The summed E-state index contributed by atoms with van der Waals surface area (Å²) in [5, 5.41) is 24.6. The van der Waals surface area contributed by atoms with Crippen LogP contribution in [0.1, 0.15) is 36.0 Å². The number of piperidine rings is 1. The molecule has 0 saturated carbocycles. The van der Waals surface area contributed by atoms with E-state index in [1.165, 1.54) is 6.07 Å². The van der Waals surface area contributed by atoms with Gasteiger partial charge < -0.3 is 15.7 Å². The predicted octanol–water partition coefficient (Wildman–Crippen LogP) is 3.08. The van der Waals surface area contributed by atoms with Crippen LogP contribution in [0.5, 0.6) is 0 Å². The summed E-state index contributed by atoms with van der Waals surface area (Å²) in [6, 6.07) is 10.2. The Morgan fingerprint density at radius 3 is 2.58 bits per heavy atom. The molecule has 1 atom stereocenters. The fourth-order valence-corrected chi connectivity index (χ4v) is 7.07. The van der Waals surface area contributed by atoms with E-state index in [0.717, 1.165) is 30.5 Å².